The van der Waals surface area contributed by atoms with Crippen molar-refractivity contribution >= 4 is 12.0 Å². The van der Waals surface area contributed by atoms with Crippen molar-refractivity contribution in [2.45, 2.75) is 19.3 Å². The van der Waals surface area contributed by atoms with Crippen molar-refractivity contribution in [2.24, 2.45) is 5.92 Å². The Morgan fingerprint density at radius 3 is 3.05 bits per heavy atom. The van der Waals surface area contributed by atoms with E-state index in [4.69, 9.17) is 4.74 Å². The van der Waals surface area contributed by atoms with Gasteiger partial charge < -0.3 is 10.1 Å². The molecule has 0 radical (unpaired) electrons. The van der Waals surface area contributed by atoms with Gasteiger partial charge in [0.25, 0.3) is 0 Å². The van der Waals surface area contributed by atoms with Crippen molar-refractivity contribution in [1.82, 2.24) is 5.32 Å². The van der Waals surface area contributed by atoms with Crippen molar-refractivity contribution in [1.29, 1.82) is 0 Å². The van der Waals surface area contributed by atoms with Gasteiger partial charge >= 0.3 is 0 Å². The maximum absolute atomic E-state index is 12.9. The van der Waals surface area contributed by atoms with E-state index in [1.165, 1.54) is 31.1 Å². The molecule has 1 fully saturated rings. The van der Waals surface area contributed by atoms with Gasteiger partial charge in [0.05, 0.1) is 0 Å². The molecule has 0 unspecified atom stereocenters. The third-order valence-corrected chi connectivity index (χ3v) is 3.09. The Balaban J connectivity index is 1.57. The summed E-state index contributed by atoms with van der Waals surface area (Å²) in [5.74, 6) is 0.301. The number of carbonyl (C=O) groups is 1. The van der Waals surface area contributed by atoms with Crippen molar-refractivity contribution in [3.05, 3.63) is 41.7 Å². The molecule has 1 aliphatic carbocycles. The van der Waals surface area contributed by atoms with E-state index in [2.05, 4.69) is 5.32 Å². The zero-order valence-corrected chi connectivity index (χ0v) is 11.5. The third-order valence-electron chi connectivity index (χ3n) is 3.09. The summed E-state index contributed by atoms with van der Waals surface area (Å²) in [6.45, 7) is 2.13. The van der Waals surface area contributed by atoms with E-state index >= 15 is 0 Å². The van der Waals surface area contributed by atoms with Gasteiger partial charge in [0.2, 0.25) is 5.91 Å². The van der Waals surface area contributed by atoms with Crippen molar-refractivity contribution in [2.75, 3.05) is 19.8 Å². The highest BCUT2D eigenvalue weighted by Gasteiger charge is 2.20. The van der Waals surface area contributed by atoms with E-state index in [1.54, 1.807) is 18.2 Å². The summed E-state index contributed by atoms with van der Waals surface area (Å²) in [6.07, 6.45) is 6.41. The number of benzene rings is 1. The molecule has 1 N–H and O–H groups in total. The molecule has 1 amide bonds. The zero-order valence-electron chi connectivity index (χ0n) is 11.5. The lowest BCUT2D eigenvalue weighted by atomic mass is 10.2. The molecule has 0 spiro atoms. The molecular formula is C16H20FNO2. The second-order valence-corrected chi connectivity index (χ2v) is 5.05. The lowest BCUT2D eigenvalue weighted by molar-refractivity contribution is -0.116. The van der Waals surface area contributed by atoms with Crippen LogP contribution in [-0.2, 0) is 9.53 Å². The van der Waals surface area contributed by atoms with Gasteiger partial charge in [0.1, 0.15) is 5.82 Å². The molecule has 1 saturated carbocycles. The highest BCUT2D eigenvalue weighted by Crippen LogP contribution is 2.28. The minimum Gasteiger partial charge on any atom is -0.381 e. The molecular weight excluding hydrogens is 257 g/mol. The Labute approximate surface area is 118 Å². The number of carbonyl (C=O) groups excluding carboxylic acids is 1. The van der Waals surface area contributed by atoms with Crippen LogP contribution in [-0.4, -0.2) is 25.7 Å². The van der Waals surface area contributed by atoms with Crippen LogP contribution in [0.25, 0.3) is 6.08 Å². The Bertz CT molecular complexity index is 469. The molecule has 108 valence electrons. The van der Waals surface area contributed by atoms with Crippen LogP contribution in [0.1, 0.15) is 24.8 Å². The molecule has 1 aromatic carbocycles. The van der Waals surface area contributed by atoms with Crippen LogP contribution < -0.4 is 5.32 Å². The summed E-state index contributed by atoms with van der Waals surface area (Å²) in [6, 6.07) is 6.12. The molecule has 1 aromatic rings. The van der Waals surface area contributed by atoms with Gasteiger partial charge in [-0.15, -0.1) is 0 Å². The minimum absolute atomic E-state index is 0.170. The van der Waals surface area contributed by atoms with E-state index < -0.39 is 0 Å². The van der Waals surface area contributed by atoms with Gasteiger partial charge in [-0.1, -0.05) is 12.1 Å². The van der Waals surface area contributed by atoms with E-state index in [9.17, 15) is 9.18 Å². The number of amides is 1. The van der Waals surface area contributed by atoms with Crippen LogP contribution in [0.15, 0.2) is 30.3 Å². The Morgan fingerprint density at radius 1 is 1.45 bits per heavy atom. The van der Waals surface area contributed by atoms with Gasteiger partial charge in [-0.2, -0.15) is 0 Å². The first-order valence-corrected chi connectivity index (χ1v) is 7.03. The number of halogens is 1. The molecule has 0 bridgehead atoms. The molecule has 0 heterocycles. The van der Waals surface area contributed by atoms with Crippen LogP contribution in [0.3, 0.4) is 0 Å². The quantitative estimate of drug-likeness (QED) is 0.586. The van der Waals surface area contributed by atoms with E-state index in [0.29, 0.717) is 18.7 Å². The number of nitrogens with one attached hydrogen (secondary N) is 1. The third kappa shape index (κ3) is 5.97. The number of hydrogen-bond donors (Lipinski definition) is 1. The first-order chi connectivity index (χ1) is 9.74. The molecule has 4 heteroatoms. The summed E-state index contributed by atoms with van der Waals surface area (Å²) in [5.41, 5.74) is 0.674. The van der Waals surface area contributed by atoms with E-state index in [0.717, 1.165) is 18.9 Å². The SMILES string of the molecule is O=C(/C=C/c1cccc(F)c1)NCCCOCC1CC1. The highest BCUT2D eigenvalue weighted by atomic mass is 19.1. The smallest absolute Gasteiger partial charge is 0.244 e. The molecule has 0 aliphatic heterocycles. The Hall–Kier alpha value is -1.68. The molecule has 3 nitrogen and oxygen atoms in total. The lowest BCUT2D eigenvalue weighted by Crippen LogP contribution is -2.23. The van der Waals surface area contributed by atoms with Gasteiger partial charge in [-0.05, 0) is 49.0 Å². The normalized spacial score (nSPS) is 14.7. The molecule has 1 aliphatic rings. The fourth-order valence-electron chi connectivity index (χ4n) is 1.76. The van der Waals surface area contributed by atoms with E-state index in [-0.39, 0.29) is 11.7 Å². The van der Waals surface area contributed by atoms with Crippen LogP contribution in [0.5, 0.6) is 0 Å². The van der Waals surface area contributed by atoms with Crippen molar-refractivity contribution in [3.8, 4) is 0 Å². The largest absolute Gasteiger partial charge is 0.381 e. The number of rotatable bonds is 8. The van der Waals surface area contributed by atoms with Gasteiger partial charge in [-0.3, -0.25) is 4.79 Å². The standard InChI is InChI=1S/C16H20FNO2/c17-15-4-1-3-13(11-15)7-8-16(19)18-9-2-10-20-12-14-5-6-14/h1,3-4,7-8,11,14H,2,5-6,9-10,12H2,(H,18,19)/b8-7+. The maximum Gasteiger partial charge on any atom is 0.244 e. The monoisotopic (exact) mass is 277 g/mol. The zero-order chi connectivity index (χ0) is 14.2. The summed E-state index contributed by atoms with van der Waals surface area (Å²) in [5, 5.41) is 2.77. The minimum atomic E-state index is -0.305. The predicted molar refractivity (Wildman–Crippen MR) is 76.6 cm³/mol. The van der Waals surface area contributed by atoms with Crippen LogP contribution in [0.4, 0.5) is 4.39 Å². The van der Waals surface area contributed by atoms with Gasteiger partial charge in [-0.25, -0.2) is 4.39 Å². The molecule has 20 heavy (non-hydrogen) atoms. The van der Waals surface area contributed by atoms with Crippen LogP contribution >= 0.6 is 0 Å². The number of hydrogen-bond acceptors (Lipinski definition) is 2. The molecule has 0 atom stereocenters. The second-order valence-electron chi connectivity index (χ2n) is 5.05. The Morgan fingerprint density at radius 2 is 2.30 bits per heavy atom. The average molecular weight is 277 g/mol. The highest BCUT2D eigenvalue weighted by molar-refractivity contribution is 5.91. The number of ether oxygens (including phenoxy) is 1. The summed E-state index contributed by atoms with van der Waals surface area (Å²) < 4.78 is 18.4. The van der Waals surface area contributed by atoms with Crippen LogP contribution in [0.2, 0.25) is 0 Å². The van der Waals surface area contributed by atoms with E-state index in [1.807, 2.05) is 0 Å². The topological polar surface area (TPSA) is 38.3 Å². The maximum atomic E-state index is 12.9. The van der Waals surface area contributed by atoms with Crippen molar-refractivity contribution in [3.63, 3.8) is 0 Å². The van der Waals surface area contributed by atoms with Crippen LogP contribution in [0, 0.1) is 11.7 Å². The van der Waals surface area contributed by atoms with Gasteiger partial charge in [0.15, 0.2) is 0 Å². The predicted octanol–water partition coefficient (Wildman–Crippen LogP) is 2.77. The summed E-state index contributed by atoms with van der Waals surface area (Å²) >= 11 is 0. The first kappa shape index (κ1) is 14.7. The molecule has 0 aromatic heterocycles. The lowest BCUT2D eigenvalue weighted by Gasteiger charge is -2.03. The average Bonchev–Trinajstić information content (AvgIpc) is 3.24. The second kappa shape index (κ2) is 7.80. The molecule has 2 rings (SSSR count). The summed E-state index contributed by atoms with van der Waals surface area (Å²) in [4.78, 5) is 11.5. The fraction of sp³-hybridized carbons (Fsp3) is 0.438. The molecule has 0 saturated heterocycles. The van der Waals surface area contributed by atoms with Gasteiger partial charge in [0, 0.05) is 25.8 Å². The Kier molecular flexibility index (Phi) is 5.74. The first-order valence-electron chi connectivity index (χ1n) is 7.03. The van der Waals surface area contributed by atoms with Crippen molar-refractivity contribution < 1.29 is 13.9 Å². The summed E-state index contributed by atoms with van der Waals surface area (Å²) in [7, 11) is 0. The fourth-order valence-corrected chi connectivity index (χ4v) is 1.76.